The van der Waals surface area contributed by atoms with Crippen LogP contribution >= 0.6 is 36.4 Å². The zero-order valence-corrected chi connectivity index (χ0v) is 12.9. The Hall–Kier alpha value is 0.160. The molecule has 17 heavy (non-hydrogen) atoms. The van der Waals surface area contributed by atoms with Crippen LogP contribution in [-0.2, 0) is 4.79 Å². The number of hydrogen-bond acceptors (Lipinski definition) is 4. The molecule has 1 aliphatic rings. The summed E-state index contributed by atoms with van der Waals surface area (Å²) in [4.78, 5) is 15.7. The fraction of sp³-hybridized carbons (Fsp3) is 0.818. The van der Waals surface area contributed by atoms with Gasteiger partial charge in [0.2, 0.25) is 0 Å². The molecule has 1 aliphatic heterocycles. The van der Waals surface area contributed by atoms with Crippen LogP contribution in [0.3, 0.4) is 0 Å². The number of rotatable bonds is 4. The van der Waals surface area contributed by atoms with Gasteiger partial charge in [-0.05, 0) is 7.05 Å². The molecule has 0 aromatic carbocycles. The van der Waals surface area contributed by atoms with E-state index in [1.54, 1.807) is 11.8 Å². The van der Waals surface area contributed by atoms with Crippen LogP contribution in [0.5, 0.6) is 0 Å². The third-order valence-corrected chi connectivity index (χ3v) is 4.29. The molecular formula is C11H21ClN2OS2. The van der Waals surface area contributed by atoms with Gasteiger partial charge in [-0.1, -0.05) is 30.9 Å². The Morgan fingerprint density at radius 2 is 1.88 bits per heavy atom. The summed E-state index contributed by atoms with van der Waals surface area (Å²) in [5.74, 6) is 1.16. The molecule has 0 atom stereocenters. The van der Waals surface area contributed by atoms with Crippen molar-refractivity contribution in [2.75, 3.05) is 39.0 Å². The molecular weight excluding hydrogens is 276 g/mol. The summed E-state index contributed by atoms with van der Waals surface area (Å²) in [6.45, 7) is 6.10. The normalized spacial score (nSPS) is 16.5. The van der Waals surface area contributed by atoms with Crippen molar-refractivity contribution < 1.29 is 4.79 Å². The second-order valence-electron chi connectivity index (χ2n) is 4.05. The van der Waals surface area contributed by atoms with E-state index in [-0.39, 0.29) is 12.4 Å². The van der Waals surface area contributed by atoms with Gasteiger partial charge in [0, 0.05) is 44.8 Å². The van der Waals surface area contributed by atoms with E-state index in [2.05, 4.69) is 16.8 Å². The Morgan fingerprint density at radius 1 is 1.29 bits per heavy atom. The average Bonchev–Trinajstić information content (AvgIpc) is 2.29. The van der Waals surface area contributed by atoms with Gasteiger partial charge in [0.25, 0.3) is 0 Å². The molecule has 0 aliphatic carbocycles. The van der Waals surface area contributed by atoms with E-state index in [4.69, 9.17) is 12.2 Å². The number of Topliss-reactive ketones (excluding diaryl/α,β-unsaturated/α-hetero) is 1. The van der Waals surface area contributed by atoms with Crippen LogP contribution in [0.1, 0.15) is 19.8 Å². The molecule has 0 bridgehead atoms. The molecule has 100 valence electrons. The first-order chi connectivity index (χ1) is 7.63. The van der Waals surface area contributed by atoms with Gasteiger partial charge in [-0.25, -0.2) is 0 Å². The Morgan fingerprint density at radius 3 is 2.41 bits per heavy atom. The van der Waals surface area contributed by atoms with Crippen molar-refractivity contribution in [2.45, 2.75) is 19.8 Å². The minimum atomic E-state index is 0. The number of piperazine rings is 1. The third kappa shape index (κ3) is 6.60. The molecule has 0 saturated carbocycles. The first kappa shape index (κ1) is 17.2. The van der Waals surface area contributed by atoms with Crippen molar-refractivity contribution in [1.82, 2.24) is 9.80 Å². The summed E-state index contributed by atoms with van der Waals surface area (Å²) < 4.78 is 0.956. The van der Waals surface area contributed by atoms with Crippen LogP contribution in [0.25, 0.3) is 0 Å². The monoisotopic (exact) mass is 296 g/mol. The fourth-order valence-electron chi connectivity index (χ4n) is 1.51. The number of likely N-dealkylation sites (N-methyl/N-ethyl adjacent to an activating group) is 1. The predicted octanol–water partition coefficient (Wildman–Crippen LogP) is 2.04. The van der Waals surface area contributed by atoms with Crippen molar-refractivity contribution in [3.05, 3.63) is 0 Å². The number of thioether (sulfide) groups is 1. The van der Waals surface area contributed by atoms with Crippen LogP contribution in [0, 0.1) is 0 Å². The van der Waals surface area contributed by atoms with Gasteiger partial charge in [-0.2, -0.15) is 0 Å². The van der Waals surface area contributed by atoms with Crippen LogP contribution in [-0.4, -0.2) is 58.9 Å². The highest BCUT2D eigenvalue weighted by Gasteiger charge is 2.16. The van der Waals surface area contributed by atoms with E-state index in [1.165, 1.54) is 0 Å². The number of ketones is 1. The average molecular weight is 297 g/mol. The number of nitrogens with zero attached hydrogens (tertiary/aromatic N) is 2. The standard InChI is InChI=1S/C11H20N2OS2.ClH/c1-3-10(14)4-9-16-11(15)13-7-5-12(2)6-8-13;/h3-9H2,1-2H3;1H. The highest BCUT2D eigenvalue weighted by atomic mass is 35.5. The van der Waals surface area contributed by atoms with Crippen molar-refractivity contribution in [2.24, 2.45) is 0 Å². The third-order valence-electron chi connectivity index (χ3n) is 2.76. The van der Waals surface area contributed by atoms with Crippen molar-refractivity contribution in [3.63, 3.8) is 0 Å². The maximum Gasteiger partial charge on any atom is 0.136 e. The van der Waals surface area contributed by atoms with Gasteiger partial charge in [0.05, 0.1) is 0 Å². The highest BCUT2D eigenvalue weighted by molar-refractivity contribution is 8.22. The number of halogens is 1. The van der Waals surface area contributed by atoms with E-state index >= 15 is 0 Å². The molecule has 0 unspecified atom stereocenters. The lowest BCUT2D eigenvalue weighted by Gasteiger charge is -2.33. The van der Waals surface area contributed by atoms with Gasteiger partial charge >= 0.3 is 0 Å². The van der Waals surface area contributed by atoms with Gasteiger partial charge in [-0.3, -0.25) is 4.79 Å². The predicted molar refractivity (Wildman–Crippen MR) is 81.3 cm³/mol. The summed E-state index contributed by atoms with van der Waals surface area (Å²) >= 11 is 7.01. The zero-order valence-electron chi connectivity index (χ0n) is 10.5. The lowest BCUT2D eigenvalue weighted by molar-refractivity contribution is -0.118. The second kappa shape index (κ2) is 9.14. The zero-order chi connectivity index (χ0) is 12.0. The number of carbonyl (C=O) groups is 1. The van der Waals surface area contributed by atoms with Crippen molar-refractivity contribution in [3.8, 4) is 0 Å². The molecule has 0 radical (unpaired) electrons. The Bertz CT molecular complexity index is 256. The Balaban J connectivity index is 0.00000256. The van der Waals surface area contributed by atoms with E-state index in [0.717, 1.165) is 36.3 Å². The van der Waals surface area contributed by atoms with E-state index in [9.17, 15) is 4.79 Å². The van der Waals surface area contributed by atoms with Crippen molar-refractivity contribution >= 4 is 46.5 Å². The minimum Gasteiger partial charge on any atom is -0.355 e. The molecule has 0 aromatic heterocycles. The first-order valence-corrected chi connectivity index (χ1v) is 7.14. The molecule has 0 spiro atoms. The molecule has 6 heteroatoms. The Kier molecular flexibility index (Phi) is 9.22. The summed E-state index contributed by atoms with van der Waals surface area (Å²) in [5.41, 5.74) is 0. The number of thiocarbonyl (C=S) groups is 1. The van der Waals surface area contributed by atoms with E-state index in [1.807, 2.05) is 6.92 Å². The van der Waals surface area contributed by atoms with Gasteiger partial charge < -0.3 is 9.80 Å². The first-order valence-electron chi connectivity index (χ1n) is 5.75. The molecule has 0 amide bonds. The maximum absolute atomic E-state index is 11.1. The second-order valence-corrected chi connectivity index (χ2v) is 5.78. The van der Waals surface area contributed by atoms with Crippen LogP contribution in [0.2, 0.25) is 0 Å². The van der Waals surface area contributed by atoms with E-state index in [0.29, 0.717) is 18.6 Å². The molecule has 1 fully saturated rings. The Labute approximate surface area is 120 Å². The van der Waals surface area contributed by atoms with E-state index < -0.39 is 0 Å². The van der Waals surface area contributed by atoms with Crippen LogP contribution < -0.4 is 0 Å². The number of carbonyl (C=O) groups excluding carboxylic acids is 1. The largest absolute Gasteiger partial charge is 0.355 e. The molecule has 0 aromatic rings. The molecule has 1 heterocycles. The fourth-order valence-corrected chi connectivity index (χ4v) is 2.81. The summed E-state index contributed by atoms with van der Waals surface area (Å²) in [6, 6.07) is 0. The smallest absolute Gasteiger partial charge is 0.136 e. The lowest BCUT2D eigenvalue weighted by atomic mass is 10.2. The molecule has 1 rings (SSSR count). The maximum atomic E-state index is 11.1. The summed E-state index contributed by atoms with van der Waals surface area (Å²) in [5, 5.41) is 0. The summed E-state index contributed by atoms with van der Waals surface area (Å²) in [6.07, 6.45) is 1.29. The minimum absolute atomic E-state index is 0. The highest BCUT2D eigenvalue weighted by Crippen LogP contribution is 2.13. The molecule has 3 nitrogen and oxygen atoms in total. The SMILES string of the molecule is CCC(=O)CCSC(=S)N1CCN(C)CC1.Cl. The van der Waals surface area contributed by atoms with Gasteiger partial charge in [0.1, 0.15) is 10.1 Å². The lowest BCUT2D eigenvalue weighted by Crippen LogP contribution is -2.45. The van der Waals surface area contributed by atoms with Crippen LogP contribution in [0.15, 0.2) is 0 Å². The van der Waals surface area contributed by atoms with Gasteiger partial charge in [0.15, 0.2) is 0 Å². The number of hydrogen-bond donors (Lipinski definition) is 0. The topological polar surface area (TPSA) is 23.6 Å². The van der Waals surface area contributed by atoms with Crippen molar-refractivity contribution in [1.29, 1.82) is 0 Å². The quantitative estimate of drug-likeness (QED) is 0.739. The summed E-state index contributed by atoms with van der Waals surface area (Å²) in [7, 11) is 2.13. The molecule has 1 saturated heterocycles. The van der Waals surface area contributed by atoms with Crippen LogP contribution in [0.4, 0.5) is 0 Å². The molecule has 0 N–H and O–H groups in total. The van der Waals surface area contributed by atoms with Gasteiger partial charge in [-0.15, -0.1) is 12.4 Å².